The largest absolute Gasteiger partial charge is 0.362 e. The van der Waals surface area contributed by atoms with Crippen LogP contribution in [0.15, 0.2) is 24.5 Å². The fourth-order valence-corrected chi connectivity index (χ4v) is 1.92. The molecule has 1 aliphatic carbocycles. The minimum Gasteiger partial charge on any atom is -0.362 e. The SMILES string of the molecule is CC1(Nc2nccnc2Cl)CC=CCC1. The number of halogens is 1. The van der Waals surface area contributed by atoms with E-state index in [0.29, 0.717) is 11.0 Å². The molecule has 0 spiro atoms. The summed E-state index contributed by atoms with van der Waals surface area (Å²) in [4.78, 5) is 8.19. The van der Waals surface area contributed by atoms with Crippen molar-refractivity contribution in [2.45, 2.75) is 31.7 Å². The highest BCUT2D eigenvalue weighted by Gasteiger charge is 2.25. The third kappa shape index (κ3) is 2.48. The van der Waals surface area contributed by atoms with Crippen LogP contribution < -0.4 is 5.32 Å². The Labute approximate surface area is 94.6 Å². The lowest BCUT2D eigenvalue weighted by Gasteiger charge is -2.32. The smallest absolute Gasteiger partial charge is 0.171 e. The highest BCUT2D eigenvalue weighted by Crippen LogP contribution is 2.28. The van der Waals surface area contributed by atoms with Gasteiger partial charge in [-0.3, -0.25) is 0 Å². The summed E-state index contributed by atoms with van der Waals surface area (Å²) in [6.07, 6.45) is 10.8. The Morgan fingerprint density at radius 2 is 2.13 bits per heavy atom. The molecule has 0 aliphatic heterocycles. The van der Waals surface area contributed by atoms with E-state index in [9.17, 15) is 0 Å². The monoisotopic (exact) mass is 223 g/mol. The zero-order valence-corrected chi connectivity index (χ0v) is 9.46. The number of hydrogen-bond donors (Lipinski definition) is 1. The standard InChI is InChI=1S/C11H14ClN3/c1-11(5-3-2-4-6-11)15-10-9(12)13-7-8-14-10/h2-3,7-8H,4-6H2,1H3,(H,14,15). The van der Waals surface area contributed by atoms with E-state index < -0.39 is 0 Å². The van der Waals surface area contributed by atoms with Gasteiger partial charge in [0.25, 0.3) is 0 Å². The molecule has 80 valence electrons. The van der Waals surface area contributed by atoms with E-state index in [1.165, 1.54) is 0 Å². The van der Waals surface area contributed by atoms with Crippen LogP contribution in [0.4, 0.5) is 5.82 Å². The third-order valence-electron chi connectivity index (χ3n) is 2.67. The van der Waals surface area contributed by atoms with Crippen LogP contribution in [0, 0.1) is 0 Å². The second kappa shape index (κ2) is 4.19. The van der Waals surface area contributed by atoms with Crippen LogP contribution in [0.3, 0.4) is 0 Å². The summed E-state index contributed by atoms with van der Waals surface area (Å²) < 4.78 is 0. The summed E-state index contributed by atoms with van der Waals surface area (Å²) in [6, 6.07) is 0. The summed E-state index contributed by atoms with van der Waals surface area (Å²) in [7, 11) is 0. The predicted octanol–water partition coefficient (Wildman–Crippen LogP) is 3.04. The van der Waals surface area contributed by atoms with Crippen molar-refractivity contribution >= 4 is 17.4 Å². The number of hydrogen-bond acceptors (Lipinski definition) is 3. The van der Waals surface area contributed by atoms with Gasteiger partial charge >= 0.3 is 0 Å². The van der Waals surface area contributed by atoms with Crippen LogP contribution in [-0.4, -0.2) is 15.5 Å². The maximum Gasteiger partial charge on any atom is 0.171 e. The van der Waals surface area contributed by atoms with Gasteiger partial charge in [-0.15, -0.1) is 0 Å². The lowest BCUT2D eigenvalue weighted by molar-refractivity contribution is 0.464. The highest BCUT2D eigenvalue weighted by atomic mass is 35.5. The van der Waals surface area contributed by atoms with Crippen LogP contribution in [0.2, 0.25) is 5.15 Å². The molecular weight excluding hydrogens is 210 g/mol. The van der Waals surface area contributed by atoms with Gasteiger partial charge < -0.3 is 5.32 Å². The molecule has 1 aromatic rings. The van der Waals surface area contributed by atoms with Crippen LogP contribution in [0.25, 0.3) is 0 Å². The van der Waals surface area contributed by atoms with Crippen LogP contribution in [0.1, 0.15) is 26.2 Å². The Morgan fingerprint density at radius 1 is 1.33 bits per heavy atom. The first-order chi connectivity index (χ1) is 7.20. The second-order valence-corrected chi connectivity index (χ2v) is 4.45. The molecule has 1 N–H and O–H groups in total. The lowest BCUT2D eigenvalue weighted by atomic mass is 9.88. The number of aromatic nitrogens is 2. The van der Waals surface area contributed by atoms with Crippen molar-refractivity contribution in [1.82, 2.24) is 9.97 Å². The van der Waals surface area contributed by atoms with Crippen LogP contribution >= 0.6 is 11.6 Å². The molecule has 1 aromatic heterocycles. The Morgan fingerprint density at radius 3 is 2.80 bits per heavy atom. The summed E-state index contributed by atoms with van der Waals surface area (Å²) in [5.41, 5.74) is 0.0500. The fourth-order valence-electron chi connectivity index (χ4n) is 1.77. The van der Waals surface area contributed by atoms with Gasteiger partial charge in [-0.1, -0.05) is 23.8 Å². The lowest BCUT2D eigenvalue weighted by Crippen LogP contribution is -2.35. The molecule has 0 bridgehead atoms. The summed E-state index contributed by atoms with van der Waals surface area (Å²) in [5, 5.41) is 3.81. The second-order valence-electron chi connectivity index (χ2n) is 4.10. The minimum absolute atomic E-state index is 0.0500. The molecule has 2 rings (SSSR count). The maximum absolute atomic E-state index is 5.95. The van der Waals surface area contributed by atoms with Gasteiger partial charge in [0.2, 0.25) is 0 Å². The first-order valence-corrected chi connectivity index (χ1v) is 5.47. The average Bonchev–Trinajstić information content (AvgIpc) is 2.22. The van der Waals surface area contributed by atoms with Gasteiger partial charge in [-0.05, 0) is 26.2 Å². The van der Waals surface area contributed by atoms with Crippen LogP contribution in [0.5, 0.6) is 0 Å². The number of nitrogens with zero attached hydrogens (tertiary/aromatic N) is 2. The number of nitrogens with one attached hydrogen (secondary N) is 1. The molecule has 1 unspecified atom stereocenters. The Hall–Kier alpha value is -1.09. The van der Waals surface area contributed by atoms with Gasteiger partial charge in [-0.25, -0.2) is 9.97 Å². The van der Waals surface area contributed by atoms with Gasteiger partial charge in [0.1, 0.15) is 0 Å². The molecule has 4 heteroatoms. The van der Waals surface area contributed by atoms with Gasteiger partial charge in [-0.2, -0.15) is 0 Å². The van der Waals surface area contributed by atoms with E-state index >= 15 is 0 Å². The summed E-state index contributed by atoms with van der Waals surface area (Å²) >= 11 is 5.95. The minimum atomic E-state index is 0.0500. The Balaban J connectivity index is 2.14. The molecule has 15 heavy (non-hydrogen) atoms. The number of allylic oxidation sites excluding steroid dienone is 1. The molecule has 3 nitrogen and oxygen atoms in total. The molecule has 0 saturated heterocycles. The maximum atomic E-state index is 5.95. The summed E-state index contributed by atoms with van der Waals surface area (Å²) in [5.74, 6) is 0.678. The van der Waals surface area contributed by atoms with Crippen molar-refractivity contribution in [2.24, 2.45) is 0 Å². The van der Waals surface area contributed by atoms with Gasteiger partial charge in [0.05, 0.1) is 0 Å². The Kier molecular flexibility index (Phi) is 2.91. The third-order valence-corrected chi connectivity index (χ3v) is 2.95. The predicted molar refractivity (Wildman–Crippen MR) is 62.1 cm³/mol. The number of anilines is 1. The quantitative estimate of drug-likeness (QED) is 0.784. The van der Waals surface area contributed by atoms with Crippen molar-refractivity contribution in [1.29, 1.82) is 0 Å². The molecule has 0 amide bonds. The molecule has 0 saturated carbocycles. The van der Waals surface area contributed by atoms with Crippen molar-refractivity contribution in [3.8, 4) is 0 Å². The van der Waals surface area contributed by atoms with E-state index in [1.807, 2.05) is 0 Å². The Bertz CT molecular complexity index is 378. The van der Waals surface area contributed by atoms with E-state index in [2.05, 4.69) is 34.4 Å². The highest BCUT2D eigenvalue weighted by molar-refractivity contribution is 6.31. The van der Waals surface area contributed by atoms with E-state index in [0.717, 1.165) is 19.3 Å². The average molecular weight is 224 g/mol. The number of rotatable bonds is 2. The van der Waals surface area contributed by atoms with Crippen molar-refractivity contribution in [3.63, 3.8) is 0 Å². The van der Waals surface area contributed by atoms with E-state index in [1.54, 1.807) is 12.4 Å². The molecule has 1 heterocycles. The van der Waals surface area contributed by atoms with Crippen molar-refractivity contribution in [2.75, 3.05) is 5.32 Å². The molecule has 0 radical (unpaired) electrons. The van der Waals surface area contributed by atoms with Crippen molar-refractivity contribution < 1.29 is 0 Å². The molecular formula is C11H14ClN3. The van der Waals surface area contributed by atoms with Gasteiger partial charge in [0, 0.05) is 17.9 Å². The van der Waals surface area contributed by atoms with Crippen LogP contribution in [-0.2, 0) is 0 Å². The topological polar surface area (TPSA) is 37.8 Å². The molecule has 0 aromatic carbocycles. The van der Waals surface area contributed by atoms with Gasteiger partial charge in [0.15, 0.2) is 11.0 Å². The zero-order chi connectivity index (χ0) is 10.7. The fraction of sp³-hybridized carbons (Fsp3) is 0.455. The molecule has 1 atom stereocenters. The first kappa shape index (κ1) is 10.4. The van der Waals surface area contributed by atoms with Crippen molar-refractivity contribution in [3.05, 3.63) is 29.7 Å². The zero-order valence-electron chi connectivity index (χ0n) is 8.70. The first-order valence-electron chi connectivity index (χ1n) is 5.09. The van der Waals surface area contributed by atoms with E-state index in [-0.39, 0.29) is 5.54 Å². The summed E-state index contributed by atoms with van der Waals surface area (Å²) in [6.45, 7) is 2.18. The molecule has 0 fully saturated rings. The normalized spacial score (nSPS) is 25.2. The van der Waals surface area contributed by atoms with E-state index in [4.69, 9.17) is 11.6 Å². The molecule has 1 aliphatic rings.